The number of hydrogen-bond acceptors (Lipinski definition) is 5. The Kier molecular flexibility index (Phi) is 4.75. The molecule has 1 aliphatic heterocycles. The summed E-state index contributed by atoms with van der Waals surface area (Å²) in [6.07, 6.45) is 3.20. The topological polar surface area (TPSA) is 42.8 Å². The Hall–Kier alpha value is -0.900. The van der Waals surface area contributed by atoms with Crippen molar-refractivity contribution in [2.24, 2.45) is 4.99 Å². The molecule has 0 radical (unpaired) electrons. The monoisotopic (exact) mass is 284 g/mol. The van der Waals surface area contributed by atoms with E-state index in [4.69, 9.17) is 21.0 Å². The minimum Gasteiger partial charge on any atom is -0.442 e. The van der Waals surface area contributed by atoms with E-state index in [-0.39, 0.29) is 0 Å². The smallest absolute Gasteiger partial charge is 0.258 e. The number of aliphatic imine (C=N–C) groups is 1. The van der Waals surface area contributed by atoms with Crippen molar-refractivity contribution < 1.29 is 9.15 Å². The van der Waals surface area contributed by atoms with E-state index in [1.54, 1.807) is 6.66 Å². The van der Waals surface area contributed by atoms with Gasteiger partial charge >= 0.3 is 0 Å². The van der Waals surface area contributed by atoms with E-state index in [0.29, 0.717) is 0 Å². The van der Waals surface area contributed by atoms with Gasteiger partial charge in [-0.3, -0.25) is 4.99 Å². The molecule has 1 aromatic carbocycles. The van der Waals surface area contributed by atoms with Gasteiger partial charge in [-0.15, -0.1) is 0 Å². The van der Waals surface area contributed by atoms with Gasteiger partial charge in [-0.2, -0.15) is 0 Å². The molecule has 1 aromatic rings. The fraction of sp³-hybridized carbons (Fsp3) is 0.417. The van der Waals surface area contributed by atoms with Crippen LogP contribution in [0.25, 0.3) is 0 Å². The van der Waals surface area contributed by atoms with Gasteiger partial charge in [-0.05, 0) is 36.8 Å². The van der Waals surface area contributed by atoms with Crippen molar-refractivity contribution in [1.29, 1.82) is 0 Å². The standard InChI is InChI=1S/C12H17N2O2PS/c1-17(18,15-11-7-3-2-4-8-11)16-14-12-9-5-6-10-13-12/h2-4,7-8H,5-6,9-10H2,1H3,(H,13,14). The van der Waals surface area contributed by atoms with E-state index >= 15 is 0 Å². The number of nitrogens with one attached hydrogen (secondary N) is 1. The summed E-state index contributed by atoms with van der Waals surface area (Å²) in [6, 6.07) is 9.48. The molecule has 0 spiro atoms. The first-order valence-electron chi connectivity index (χ1n) is 5.96. The predicted molar refractivity (Wildman–Crippen MR) is 77.7 cm³/mol. The summed E-state index contributed by atoms with van der Waals surface area (Å²) in [7, 11) is 0. The maximum atomic E-state index is 5.68. The van der Waals surface area contributed by atoms with Crippen LogP contribution in [0.4, 0.5) is 0 Å². The van der Waals surface area contributed by atoms with Gasteiger partial charge in [0.1, 0.15) is 11.6 Å². The molecule has 1 unspecified atom stereocenters. The molecular weight excluding hydrogens is 267 g/mol. The SMILES string of the molecule is CP(=S)(ONC1=NCCCC1)Oc1ccccc1. The summed E-state index contributed by atoms with van der Waals surface area (Å²) < 4.78 is 11.2. The quantitative estimate of drug-likeness (QED) is 0.681. The molecule has 6 heteroatoms. The molecule has 0 bridgehead atoms. The lowest BCUT2D eigenvalue weighted by molar-refractivity contribution is 0.259. The van der Waals surface area contributed by atoms with Crippen LogP contribution < -0.4 is 10.0 Å². The molecule has 0 amide bonds. The maximum Gasteiger partial charge on any atom is 0.258 e. The first-order valence-corrected chi connectivity index (χ1v) is 9.04. The molecule has 18 heavy (non-hydrogen) atoms. The summed E-state index contributed by atoms with van der Waals surface area (Å²) in [5.74, 6) is 1.60. The van der Waals surface area contributed by atoms with Crippen molar-refractivity contribution in [2.75, 3.05) is 13.2 Å². The highest BCUT2D eigenvalue weighted by Crippen LogP contribution is 2.43. The second-order valence-electron chi connectivity index (χ2n) is 4.15. The zero-order valence-corrected chi connectivity index (χ0v) is 12.0. The molecule has 1 heterocycles. The van der Waals surface area contributed by atoms with Gasteiger partial charge in [-0.25, -0.2) is 10.1 Å². The normalized spacial score (nSPS) is 18.6. The molecule has 0 saturated heterocycles. The summed E-state index contributed by atoms with van der Waals surface area (Å²) in [5, 5.41) is 0. The van der Waals surface area contributed by atoms with Crippen LogP contribution >= 0.6 is 6.49 Å². The van der Waals surface area contributed by atoms with Crippen molar-refractivity contribution in [1.82, 2.24) is 5.48 Å². The third kappa shape index (κ3) is 4.41. The number of hydrogen-bond donors (Lipinski definition) is 1. The van der Waals surface area contributed by atoms with Crippen molar-refractivity contribution >= 4 is 24.1 Å². The average Bonchev–Trinajstić information content (AvgIpc) is 2.38. The third-order valence-corrected chi connectivity index (χ3v) is 3.88. The van der Waals surface area contributed by atoms with Gasteiger partial charge in [0.2, 0.25) is 0 Å². The molecular formula is C12H17N2O2PS. The summed E-state index contributed by atoms with van der Waals surface area (Å²) in [4.78, 5) is 4.34. The van der Waals surface area contributed by atoms with Crippen LogP contribution in [0.3, 0.4) is 0 Å². The largest absolute Gasteiger partial charge is 0.442 e. The van der Waals surface area contributed by atoms with Gasteiger partial charge in [0.15, 0.2) is 0 Å². The van der Waals surface area contributed by atoms with Gasteiger partial charge < -0.3 is 4.52 Å². The number of rotatable bonds is 4. The van der Waals surface area contributed by atoms with Gasteiger partial charge in [-0.1, -0.05) is 18.2 Å². The zero-order valence-electron chi connectivity index (χ0n) is 10.3. The number of nitrogens with zero attached hydrogens (tertiary/aromatic N) is 1. The molecule has 0 saturated carbocycles. The first-order chi connectivity index (χ1) is 8.66. The highest BCUT2D eigenvalue weighted by atomic mass is 32.5. The maximum absolute atomic E-state index is 5.68. The van der Waals surface area contributed by atoms with Crippen LogP contribution in [0.5, 0.6) is 5.75 Å². The van der Waals surface area contributed by atoms with Crippen molar-refractivity contribution in [3.05, 3.63) is 30.3 Å². The van der Waals surface area contributed by atoms with Crippen LogP contribution in [0.2, 0.25) is 0 Å². The van der Waals surface area contributed by atoms with Crippen LogP contribution in [0.15, 0.2) is 35.3 Å². The molecule has 1 atom stereocenters. The van der Waals surface area contributed by atoms with Gasteiger partial charge in [0.05, 0.1) is 0 Å². The predicted octanol–water partition coefficient (Wildman–Crippen LogP) is 3.11. The fourth-order valence-corrected chi connectivity index (χ4v) is 2.79. The lowest BCUT2D eigenvalue weighted by Crippen LogP contribution is -2.25. The highest BCUT2D eigenvalue weighted by molar-refractivity contribution is 8.09. The number of amidine groups is 1. The lowest BCUT2D eigenvalue weighted by Gasteiger charge is -2.20. The van der Waals surface area contributed by atoms with Gasteiger partial charge in [0.25, 0.3) is 6.49 Å². The Morgan fingerprint density at radius 1 is 1.28 bits per heavy atom. The molecule has 2 rings (SSSR count). The minimum atomic E-state index is -2.34. The minimum absolute atomic E-state index is 0.732. The molecule has 4 nitrogen and oxygen atoms in total. The van der Waals surface area contributed by atoms with Crippen LogP contribution in [-0.4, -0.2) is 19.0 Å². The van der Waals surface area contributed by atoms with Gasteiger partial charge in [0, 0.05) is 19.6 Å². The van der Waals surface area contributed by atoms with Crippen molar-refractivity contribution in [3.63, 3.8) is 0 Å². The average molecular weight is 284 g/mol. The number of benzene rings is 1. The van der Waals surface area contributed by atoms with Crippen LogP contribution in [0, 0.1) is 0 Å². The first kappa shape index (κ1) is 13.5. The summed E-state index contributed by atoms with van der Waals surface area (Å²) >= 11 is 5.34. The van der Waals surface area contributed by atoms with Crippen molar-refractivity contribution in [3.8, 4) is 5.75 Å². The Morgan fingerprint density at radius 2 is 2.06 bits per heavy atom. The van der Waals surface area contributed by atoms with E-state index in [1.165, 1.54) is 0 Å². The molecule has 1 N–H and O–H groups in total. The van der Waals surface area contributed by atoms with E-state index in [9.17, 15) is 0 Å². The van der Waals surface area contributed by atoms with E-state index in [2.05, 4.69) is 10.5 Å². The molecule has 98 valence electrons. The third-order valence-electron chi connectivity index (χ3n) is 2.47. The highest BCUT2D eigenvalue weighted by Gasteiger charge is 2.15. The Bertz CT molecular complexity index is 464. The number of hydroxylamine groups is 1. The molecule has 0 aliphatic carbocycles. The van der Waals surface area contributed by atoms with E-state index < -0.39 is 6.49 Å². The van der Waals surface area contributed by atoms with E-state index in [1.807, 2.05) is 30.3 Å². The van der Waals surface area contributed by atoms with Crippen molar-refractivity contribution in [2.45, 2.75) is 19.3 Å². The van der Waals surface area contributed by atoms with Crippen LogP contribution in [0.1, 0.15) is 19.3 Å². The second-order valence-corrected chi connectivity index (χ2v) is 8.05. The molecule has 0 fully saturated rings. The molecule has 0 aromatic heterocycles. The summed E-state index contributed by atoms with van der Waals surface area (Å²) in [6.45, 7) is 0.317. The Labute approximate surface area is 113 Å². The second kappa shape index (κ2) is 6.32. The molecule has 1 aliphatic rings. The fourth-order valence-electron chi connectivity index (χ4n) is 1.61. The summed E-state index contributed by atoms with van der Waals surface area (Å²) in [5.41, 5.74) is 2.85. The Balaban J connectivity index is 1.87. The zero-order chi connectivity index (χ0) is 12.8. The van der Waals surface area contributed by atoms with E-state index in [0.717, 1.165) is 37.4 Å². The Morgan fingerprint density at radius 3 is 2.72 bits per heavy atom. The van der Waals surface area contributed by atoms with Crippen LogP contribution in [-0.2, 0) is 16.4 Å². The lowest BCUT2D eigenvalue weighted by atomic mass is 10.2. The number of para-hydroxylation sites is 1.